The van der Waals surface area contributed by atoms with Gasteiger partial charge in [-0.25, -0.2) is 4.68 Å². The maximum atomic E-state index is 12.3. The third-order valence-corrected chi connectivity index (χ3v) is 4.70. The second-order valence-corrected chi connectivity index (χ2v) is 6.90. The molecule has 0 fully saturated rings. The van der Waals surface area contributed by atoms with E-state index in [-0.39, 0.29) is 5.91 Å². The fraction of sp³-hybridized carbons (Fsp3) is 0.238. The normalized spacial score (nSPS) is 11.3. The van der Waals surface area contributed by atoms with Crippen LogP contribution in [0.4, 0.5) is 0 Å². The number of aryl methyl sites for hydroxylation is 2. The Morgan fingerprint density at radius 3 is 2.67 bits per heavy atom. The monoisotopic (exact) mass is 383 g/mol. The van der Waals surface area contributed by atoms with Gasteiger partial charge >= 0.3 is 0 Å². The van der Waals surface area contributed by atoms with Crippen LogP contribution in [-0.4, -0.2) is 27.6 Å². The molecule has 0 radical (unpaired) electrons. The first-order valence-corrected chi connectivity index (χ1v) is 9.06. The lowest BCUT2D eigenvalue weighted by atomic mass is 10.1. The first-order valence-electron chi connectivity index (χ1n) is 8.68. The van der Waals surface area contributed by atoms with E-state index in [1.807, 2.05) is 13.0 Å². The van der Waals surface area contributed by atoms with Gasteiger partial charge in [0.05, 0.1) is 25.0 Å². The van der Waals surface area contributed by atoms with Crippen molar-refractivity contribution in [3.63, 3.8) is 0 Å². The summed E-state index contributed by atoms with van der Waals surface area (Å²) >= 11 is 6.50. The molecule has 0 spiro atoms. The molecule has 140 valence electrons. The average Bonchev–Trinajstić information content (AvgIpc) is 3.24. The standard InChI is InChI=1S/C21H22ClN3O2/c1-15-6-8-17(9-7-15)13-25-21(22)19(16(2)23-25)10-11-20(26)24(3)14-18-5-4-12-27-18/h4-12H,13-14H2,1-3H3/b11-10+. The quantitative estimate of drug-likeness (QED) is 0.590. The van der Waals surface area contributed by atoms with Gasteiger partial charge in [-0.05, 0) is 37.6 Å². The molecule has 2 heterocycles. The Kier molecular flexibility index (Phi) is 5.81. The number of aromatic nitrogens is 2. The van der Waals surface area contributed by atoms with E-state index < -0.39 is 0 Å². The molecule has 0 N–H and O–H groups in total. The van der Waals surface area contributed by atoms with Gasteiger partial charge in [-0.2, -0.15) is 5.10 Å². The van der Waals surface area contributed by atoms with Crippen molar-refractivity contribution in [2.75, 3.05) is 7.05 Å². The number of amides is 1. The van der Waals surface area contributed by atoms with E-state index in [0.29, 0.717) is 18.2 Å². The number of hydrogen-bond donors (Lipinski definition) is 0. The van der Waals surface area contributed by atoms with Crippen LogP contribution in [-0.2, 0) is 17.9 Å². The fourth-order valence-electron chi connectivity index (χ4n) is 2.72. The maximum absolute atomic E-state index is 12.3. The molecule has 1 amide bonds. The topological polar surface area (TPSA) is 51.3 Å². The van der Waals surface area contributed by atoms with Crippen molar-refractivity contribution in [1.82, 2.24) is 14.7 Å². The number of halogens is 1. The van der Waals surface area contributed by atoms with Gasteiger partial charge in [-0.3, -0.25) is 4.79 Å². The van der Waals surface area contributed by atoms with E-state index in [4.69, 9.17) is 16.0 Å². The van der Waals surface area contributed by atoms with Crippen LogP contribution in [0.2, 0.25) is 5.15 Å². The summed E-state index contributed by atoms with van der Waals surface area (Å²) in [5.74, 6) is 0.604. The van der Waals surface area contributed by atoms with Gasteiger partial charge < -0.3 is 9.32 Å². The molecule has 0 aliphatic carbocycles. The summed E-state index contributed by atoms with van der Waals surface area (Å²) in [5, 5.41) is 5.02. The van der Waals surface area contributed by atoms with E-state index in [1.165, 1.54) is 11.6 Å². The molecule has 1 aromatic carbocycles. The van der Waals surface area contributed by atoms with E-state index in [9.17, 15) is 4.79 Å². The first-order chi connectivity index (χ1) is 12.9. The fourth-order valence-corrected chi connectivity index (χ4v) is 3.02. The summed E-state index contributed by atoms with van der Waals surface area (Å²) in [6.07, 6.45) is 4.82. The van der Waals surface area contributed by atoms with Crippen LogP contribution < -0.4 is 0 Å². The van der Waals surface area contributed by atoms with E-state index >= 15 is 0 Å². The minimum Gasteiger partial charge on any atom is -0.467 e. The molecule has 5 nitrogen and oxygen atoms in total. The third kappa shape index (κ3) is 4.68. The SMILES string of the molecule is Cc1ccc(Cn2nc(C)c(/C=C/C(=O)N(C)Cc3ccco3)c2Cl)cc1. The van der Waals surface area contributed by atoms with Crippen LogP contribution in [0.1, 0.15) is 28.1 Å². The molecule has 0 aliphatic rings. The van der Waals surface area contributed by atoms with Crippen molar-refractivity contribution in [1.29, 1.82) is 0 Å². The van der Waals surface area contributed by atoms with Crippen molar-refractivity contribution >= 4 is 23.6 Å². The summed E-state index contributed by atoms with van der Waals surface area (Å²) in [7, 11) is 1.73. The Labute approximate surface area is 163 Å². The lowest BCUT2D eigenvalue weighted by molar-refractivity contribution is -0.125. The number of furan rings is 1. The molecule has 0 saturated heterocycles. The number of carbonyl (C=O) groups excluding carboxylic acids is 1. The predicted molar refractivity (Wildman–Crippen MR) is 106 cm³/mol. The number of likely N-dealkylation sites (N-methyl/N-ethyl adjacent to an activating group) is 1. The first kappa shape index (κ1) is 19.0. The Bertz CT molecular complexity index is 941. The van der Waals surface area contributed by atoms with Gasteiger partial charge in [-0.15, -0.1) is 0 Å². The number of nitrogens with zero attached hydrogens (tertiary/aromatic N) is 3. The van der Waals surface area contributed by atoms with Gasteiger partial charge in [0, 0.05) is 18.7 Å². The highest BCUT2D eigenvalue weighted by molar-refractivity contribution is 6.31. The molecular formula is C21H22ClN3O2. The molecule has 0 unspecified atom stereocenters. The number of carbonyl (C=O) groups is 1. The van der Waals surface area contributed by atoms with Crippen LogP contribution in [0.3, 0.4) is 0 Å². The number of rotatable bonds is 6. The minimum absolute atomic E-state index is 0.131. The Morgan fingerprint density at radius 2 is 2.00 bits per heavy atom. The van der Waals surface area contributed by atoms with E-state index in [1.54, 1.807) is 35.0 Å². The summed E-state index contributed by atoms with van der Waals surface area (Å²) in [6.45, 7) is 4.93. The Hall–Kier alpha value is -2.79. The highest BCUT2D eigenvalue weighted by Crippen LogP contribution is 2.22. The van der Waals surface area contributed by atoms with Gasteiger partial charge in [0.25, 0.3) is 0 Å². The molecule has 2 aromatic heterocycles. The van der Waals surface area contributed by atoms with Crippen LogP contribution in [0, 0.1) is 13.8 Å². The highest BCUT2D eigenvalue weighted by Gasteiger charge is 2.13. The van der Waals surface area contributed by atoms with Crippen LogP contribution in [0.25, 0.3) is 6.08 Å². The van der Waals surface area contributed by atoms with Gasteiger partial charge in [0.1, 0.15) is 10.9 Å². The smallest absolute Gasteiger partial charge is 0.246 e. The highest BCUT2D eigenvalue weighted by atomic mass is 35.5. The van der Waals surface area contributed by atoms with Crippen molar-refractivity contribution in [3.05, 3.63) is 82.0 Å². The molecule has 3 aromatic rings. The van der Waals surface area contributed by atoms with Crippen molar-refractivity contribution in [2.45, 2.75) is 26.9 Å². The van der Waals surface area contributed by atoms with Crippen molar-refractivity contribution < 1.29 is 9.21 Å². The van der Waals surface area contributed by atoms with Gasteiger partial charge in [0.2, 0.25) is 5.91 Å². The minimum atomic E-state index is -0.131. The zero-order chi connectivity index (χ0) is 19.4. The molecule has 27 heavy (non-hydrogen) atoms. The van der Waals surface area contributed by atoms with E-state index in [2.05, 4.69) is 36.3 Å². The van der Waals surface area contributed by atoms with Gasteiger partial charge in [-0.1, -0.05) is 41.4 Å². The average molecular weight is 384 g/mol. The molecular weight excluding hydrogens is 362 g/mol. The zero-order valence-electron chi connectivity index (χ0n) is 15.6. The number of benzene rings is 1. The second kappa shape index (κ2) is 8.27. The van der Waals surface area contributed by atoms with Crippen LogP contribution in [0.5, 0.6) is 0 Å². The van der Waals surface area contributed by atoms with Gasteiger partial charge in [0.15, 0.2) is 0 Å². The summed E-state index contributed by atoms with van der Waals surface area (Å²) < 4.78 is 7.02. The summed E-state index contributed by atoms with van der Waals surface area (Å²) in [5.41, 5.74) is 3.87. The van der Waals surface area contributed by atoms with E-state index in [0.717, 1.165) is 22.6 Å². The largest absolute Gasteiger partial charge is 0.467 e. The molecule has 0 atom stereocenters. The molecule has 0 saturated carbocycles. The lowest BCUT2D eigenvalue weighted by Crippen LogP contribution is -2.23. The zero-order valence-corrected chi connectivity index (χ0v) is 16.4. The van der Waals surface area contributed by atoms with Crippen molar-refractivity contribution in [3.8, 4) is 0 Å². The molecule has 0 aliphatic heterocycles. The lowest BCUT2D eigenvalue weighted by Gasteiger charge is -2.12. The summed E-state index contributed by atoms with van der Waals surface area (Å²) in [6, 6.07) is 11.9. The maximum Gasteiger partial charge on any atom is 0.246 e. The Morgan fingerprint density at radius 1 is 1.26 bits per heavy atom. The Balaban J connectivity index is 1.71. The van der Waals surface area contributed by atoms with Crippen LogP contribution in [0.15, 0.2) is 53.2 Å². The third-order valence-electron chi connectivity index (χ3n) is 4.30. The predicted octanol–water partition coefficient (Wildman–Crippen LogP) is 4.47. The molecule has 6 heteroatoms. The molecule has 3 rings (SSSR count). The second-order valence-electron chi connectivity index (χ2n) is 6.54. The van der Waals surface area contributed by atoms with Crippen LogP contribution >= 0.6 is 11.6 Å². The van der Waals surface area contributed by atoms with Crippen molar-refractivity contribution in [2.24, 2.45) is 0 Å². The number of hydrogen-bond acceptors (Lipinski definition) is 3. The summed E-state index contributed by atoms with van der Waals surface area (Å²) in [4.78, 5) is 13.9. The molecule has 0 bridgehead atoms.